The highest BCUT2D eigenvalue weighted by atomic mass is 14.9. The molecule has 3 rings (SSSR count). The number of hydrogen-bond acceptors (Lipinski definition) is 0. The standard InChI is InChI=1S/C25H36N/c1-18-15-20(24(3,4)5)11-12-21(18)23-16-19(2)22(17-26(23)7)25(6)13-9-8-10-14-25/h11-12,15-17H,8-10,13-14H2,1-7H3/q+1. The van der Waals surface area contributed by atoms with Crippen molar-refractivity contribution in [2.45, 2.75) is 84.5 Å². The van der Waals surface area contributed by atoms with Crippen LogP contribution in [-0.4, -0.2) is 0 Å². The van der Waals surface area contributed by atoms with Crippen LogP contribution >= 0.6 is 0 Å². The largest absolute Gasteiger partial charge is 0.212 e. The van der Waals surface area contributed by atoms with E-state index in [4.69, 9.17) is 0 Å². The first-order valence-corrected chi connectivity index (χ1v) is 10.2. The van der Waals surface area contributed by atoms with Crippen molar-refractivity contribution in [1.82, 2.24) is 0 Å². The number of aromatic nitrogens is 1. The third-order valence-electron chi connectivity index (χ3n) is 6.46. The van der Waals surface area contributed by atoms with E-state index in [0.29, 0.717) is 5.41 Å². The average Bonchev–Trinajstić information content (AvgIpc) is 2.56. The van der Waals surface area contributed by atoms with Crippen molar-refractivity contribution < 1.29 is 4.57 Å². The van der Waals surface area contributed by atoms with Gasteiger partial charge in [0.25, 0.3) is 0 Å². The van der Waals surface area contributed by atoms with Gasteiger partial charge in [0.2, 0.25) is 5.69 Å². The molecule has 0 radical (unpaired) electrons. The predicted molar refractivity (Wildman–Crippen MR) is 112 cm³/mol. The van der Waals surface area contributed by atoms with Gasteiger partial charge in [0, 0.05) is 17.2 Å². The molecule has 1 aromatic heterocycles. The number of pyridine rings is 1. The van der Waals surface area contributed by atoms with E-state index in [-0.39, 0.29) is 5.41 Å². The van der Waals surface area contributed by atoms with Gasteiger partial charge in [-0.1, -0.05) is 59.1 Å². The Morgan fingerprint density at radius 3 is 2.15 bits per heavy atom. The minimum atomic E-state index is 0.195. The molecule has 1 fully saturated rings. The molecule has 0 amide bonds. The maximum absolute atomic E-state index is 2.47. The summed E-state index contributed by atoms with van der Waals surface area (Å²) in [5, 5.41) is 0. The van der Waals surface area contributed by atoms with Gasteiger partial charge < -0.3 is 0 Å². The first-order chi connectivity index (χ1) is 12.1. The molecule has 140 valence electrons. The van der Waals surface area contributed by atoms with Crippen molar-refractivity contribution in [2.75, 3.05) is 0 Å². The van der Waals surface area contributed by atoms with Crippen LogP contribution in [0.1, 0.15) is 82.1 Å². The molecule has 2 aromatic rings. The second-order valence-corrected chi connectivity index (χ2v) is 9.77. The molecule has 0 aliphatic heterocycles. The minimum absolute atomic E-state index is 0.195. The van der Waals surface area contributed by atoms with Gasteiger partial charge in [-0.15, -0.1) is 0 Å². The van der Waals surface area contributed by atoms with Crippen LogP contribution in [0, 0.1) is 13.8 Å². The molecule has 0 atom stereocenters. The maximum Gasteiger partial charge on any atom is 0.212 e. The topological polar surface area (TPSA) is 3.88 Å². The third kappa shape index (κ3) is 3.59. The Balaban J connectivity index is 2.04. The van der Waals surface area contributed by atoms with E-state index in [1.807, 2.05) is 0 Å². The van der Waals surface area contributed by atoms with Crippen molar-refractivity contribution >= 4 is 0 Å². The molecule has 1 heteroatoms. The fraction of sp³-hybridized carbons (Fsp3) is 0.560. The summed E-state index contributed by atoms with van der Waals surface area (Å²) < 4.78 is 2.35. The Hall–Kier alpha value is -1.63. The summed E-state index contributed by atoms with van der Waals surface area (Å²) in [5.74, 6) is 0. The van der Waals surface area contributed by atoms with E-state index < -0.39 is 0 Å². The maximum atomic E-state index is 2.47. The Kier molecular flexibility index (Phi) is 5.03. The van der Waals surface area contributed by atoms with Crippen molar-refractivity contribution in [2.24, 2.45) is 7.05 Å². The highest BCUT2D eigenvalue weighted by molar-refractivity contribution is 5.63. The van der Waals surface area contributed by atoms with E-state index in [2.05, 4.69) is 83.6 Å². The second kappa shape index (κ2) is 6.83. The molecule has 0 N–H and O–H groups in total. The van der Waals surface area contributed by atoms with Gasteiger partial charge in [0.15, 0.2) is 6.20 Å². The monoisotopic (exact) mass is 350 g/mol. The lowest BCUT2D eigenvalue weighted by Crippen LogP contribution is -2.36. The molecule has 1 aromatic carbocycles. The van der Waals surface area contributed by atoms with Gasteiger partial charge >= 0.3 is 0 Å². The zero-order valence-corrected chi connectivity index (χ0v) is 17.9. The Morgan fingerprint density at radius 2 is 1.58 bits per heavy atom. The van der Waals surface area contributed by atoms with Gasteiger partial charge in [0.05, 0.1) is 0 Å². The lowest BCUT2D eigenvalue weighted by Gasteiger charge is -2.34. The van der Waals surface area contributed by atoms with Crippen LogP contribution in [0.4, 0.5) is 0 Å². The number of aryl methyl sites for hydroxylation is 3. The van der Waals surface area contributed by atoms with Crippen LogP contribution in [0.5, 0.6) is 0 Å². The summed E-state index contributed by atoms with van der Waals surface area (Å²) in [7, 11) is 2.21. The van der Waals surface area contributed by atoms with E-state index >= 15 is 0 Å². The molecule has 0 spiro atoms. The zero-order chi connectivity index (χ0) is 19.1. The number of nitrogens with zero attached hydrogens (tertiary/aromatic N) is 1. The molecule has 1 saturated carbocycles. The predicted octanol–water partition coefficient (Wildman–Crippen LogP) is 6.31. The molecule has 1 aliphatic rings. The Morgan fingerprint density at radius 1 is 0.923 bits per heavy atom. The number of benzene rings is 1. The van der Waals surface area contributed by atoms with Gasteiger partial charge in [-0.3, -0.25) is 0 Å². The van der Waals surface area contributed by atoms with Gasteiger partial charge in [-0.05, 0) is 60.3 Å². The number of rotatable bonds is 2. The lowest BCUT2D eigenvalue weighted by atomic mass is 9.70. The summed E-state index contributed by atoms with van der Waals surface area (Å²) in [5.41, 5.74) is 8.99. The molecule has 0 bridgehead atoms. The van der Waals surface area contributed by atoms with E-state index in [9.17, 15) is 0 Å². The molecule has 1 aliphatic carbocycles. The summed E-state index contributed by atoms with van der Waals surface area (Å²) >= 11 is 0. The SMILES string of the molecule is Cc1cc(C(C)(C)C)ccc1-c1cc(C)c(C2(C)CCCCC2)c[n+]1C. The normalized spacial score (nSPS) is 17.3. The van der Waals surface area contributed by atoms with Crippen molar-refractivity contribution in [3.63, 3.8) is 0 Å². The van der Waals surface area contributed by atoms with E-state index in [0.717, 1.165) is 0 Å². The Bertz CT molecular complexity index is 802. The van der Waals surface area contributed by atoms with Crippen molar-refractivity contribution in [1.29, 1.82) is 0 Å². The number of hydrogen-bond donors (Lipinski definition) is 0. The average molecular weight is 351 g/mol. The smallest absolute Gasteiger partial charge is 0.201 e. The molecule has 26 heavy (non-hydrogen) atoms. The lowest BCUT2D eigenvalue weighted by molar-refractivity contribution is -0.661. The van der Waals surface area contributed by atoms with Crippen LogP contribution in [-0.2, 0) is 17.9 Å². The molecule has 0 unspecified atom stereocenters. The fourth-order valence-electron chi connectivity index (χ4n) is 4.67. The summed E-state index contributed by atoms with van der Waals surface area (Å²) in [6.07, 6.45) is 9.20. The highest BCUT2D eigenvalue weighted by Gasteiger charge is 2.33. The van der Waals surface area contributed by atoms with Gasteiger partial charge in [-0.25, -0.2) is 4.57 Å². The summed E-state index contributed by atoms with van der Waals surface area (Å²) in [4.78, 5) is 0. The van der Waals surface area contributed by atoms with Crippen LogP contribution in [0.2, 0.25) is 0 Å². The van der Waals surface area contributed by atoms with Gasteiger partial charge in [0.1, 0.15) is 7.05 Å². The first-order valence-electron chi connectivity index (χ1n) is 10.2. The van der Waals surface area contributed by atoms with E-state index in [1.54, 1.807) is 5.56 Å². The first kappa shape index (κ1) is 19.1. The van der Waals surface area contributed by atoms with Crippen LogP contribution in [0.15, 0.2) is 30.5 Å². The molecule has 1 heterocycles. The molecular weight excluding hydrogens is 314 g/mol. The highest BCUT2D eigenvalue weighted by Crippen LogP contribution is 2.40. The summed E-state index contributed by atoms with van der Waals surface area (Å²) in [6, 6.07) is 9.38. The van der Waals surface area contributed by atoms with Crippen molar-refractivity contribution in [3.8, 4) is 11.3 Å². The van der Waals surface area contributed by atoms with Crippen molar-refractivity contribution in [3.05, 3.63) is 52.7 Å². The van der Waals surface area contributed by atoms with E-state index in [1.165, 1.54) is 60.1 Å². The quantitative estimate of drug-likeness (QED) is 0.558. The van der Waals surface area contributed by atoms with Gasteiger partial charge in [-0.2, -0.15) is 0 Å². The molecular formula is C25H36N+. The Labute approximate surface area is 160 Å². The van der Waals surface area contributed by atoms with Crippen LogP contribution < -0.4 is 4.57 Å². The fourth-order valence-corrected chi connectivity index (χ4v) is 4.67. The third-order valence-corrected chi connectivity index (χ3v) is 6.46. The zero-order valence-electron chi connectivity index (χ0n) is 17.9. The summed E-state index contributed by atoms with van der Waals surface area (Å²) in [6.45, 7) is 13.9. The molecule has 0 saturated heterocycles. The van der Waals surface area contributed by atoms with Crippen LogP contribution in [0.3, 0.4) is 0 Å². The second-order valence-electron chi connectivity index (χ2n) is 9.77. The molecule has 1 nitrogen and oxygen atoms in total. The minimum Gasteiger partial charge on any atom is -0.201 e. The van der Waals surface area contributed by atoms with Crippen LogP contribution in [0.25, 0.3) is 11.3 Å².